The van der Waals surface area contributed by atoms with Gasteiger partial charge in [0.1, 0.15) is 5.82 Å². The van der Waals surface area contributed by atoms with Crippen molar-refractivity contribution in [2.75, 3.05) is 6.54 Å². The number of aryl methyl sites for hydroxylation is 1. The van der Waals surface area contributed by atoms with Gasteiger partial charge in [-0.05, 0) is 13.8 Å². The Morgan fingerprint density at radius 2 is 2.24 bits per heavy atom. The van der Waals surface area contributed by atoms with E-state index in [1.807, 2.05) is 4.57 Å². The first kappa shape index (κ1) is 12.0. The minimum Gasteiger partial charge on any atom is -0.330 e. The zero-order valence-electron chi connectivity index (χ0n) is 9.54. The Labute approximate surface area is 104 Å². The molecule has 1 unspecified atom stereocenters. The molecule has 0 saturated heterocycles. The maximum Gasteiger partial charge on any atom is 0.295 e. The highest BCUT2D eigenvalue weighted by Crippen LogP contribution is 2.21. The van der Waals surface area contributed by atoms with Gasteiger partial charge < -0.3 is 14.4 Å². The fourth-order valence-corrected chi connectivity index (χ4v) is 1.89. The average molecular weight is 257 g/mol. The number of hydrogen-bond donors (Lipinski definition) is 1. The normalized spacial score (nSPS) is 18.6. The summed E-state index contributed by atoms with van der Waals surface area (Å²) in [6, 6.07) is 0.207. The molecule has 0 bridgehead atoms. The molecule has 0 spiro atoms. The maximum absolute atomic E-state index is 5.11. The predicted octanol–water partition coefficient (Wildman–Crippen LogP) is 0.723. The van der Waals surface area contributed by atoms with Gasteiger partial charge >= 0.3 is 0 Å². The van der Waals surface area contributed by atoms with E-state index in [4.69, 9.17) is 4.52 Å². The van der Waals surface area contributed by atoms with E-state index in [1.165, 1.54) is 0 Å². The first-order valence-electron chi connectivity index (χ1n) is 5.23. The molecule has 92 valence electrons. The van der Waals surface area contributed by atoms with Crippen molar-refractivity contribution in [1.82, 2.24) is 30.2 Å². The summed E-state index contributed by atoms with van der Waals surface area (Å²) in [5.74, 6) is 2.61. The molecule has 1 aliphatic rings. The number of rotatable bonds is 1. The number of hydrogen-bond acceptors (Lipinski definition) is 6. The van der Waals surface area contributed by atoms with Crippen molar-refractivity contribution in [1.29, 1.82) is 0 Å². The molecule has 7 nitrogen and oxygen atoms in total. The zero-order chi connectivity index (χ0) is 11.1. The van der Waals surface area contributed by atoms with E-state index in [0.29, 0.717) is 17.5 Å². The summed E-state index contributed by atoms with van der Waals surface area (Å²) in [5.41, 5.74) is 0. The first-order valence-corrected chi connectivity index (χ1v) is 5.23. The van der Waals surface area contributed by atoms with Gasteiger partial charge in [-0.3, -0.25) is 0 Å². The van der Waals surface area contributed by atoms with Crippen LogP contribution in [0.1, 0.15) is 24.6 Å². The molecule has 0 aromatic carbocycles. The average Bonchev–Trinajstić information content (AvgIpc) is 2.84. The lowest BCUT2D eigenvalue weighted by molar-refractivity contribution is 0.410. The molecule has 0 amide bonds. The predicted molar refractivity (Wildman–Crippen MR) is 61.7 cm³/mol. The van der Waals surface area contributed by atoms with Crippen LogP contribution in [0.25, 0.3) is 11.7 Å². The molecule has 0 aliphatic carbocycles. The van der Waals surface area contributed by atoms with E-state index < -0.39 is 0 Å². The quantitative estimate of drug-likeness (QED) is 0.810. The fourth-order valence-electron chi connectivity index (χ4n) is 1.89. The summed E-state index contributed by atoms with van der Waals surface area (Å²) in [4.78, 5) is 4.16. The number of nitrogens with zero attached hydrogens (tertiary/aromatic N) is 5. The lowest BCUT2D eigenvalue weighted by atomic mass is 10.2. The second-order valence-corrected chi connectivity index (χ2v) is 3.86. The second kappa shape index (κ2) is 4.42. The summed E-state index contributed by atoms with van der Waals surface area (Å²) in [6.45, 7) is 5.56. The van der Waals surface area contributed by atoms with Crippen LogP contribution in [-0.4, -0.2) is 31.4 Å². The Bertz CT molecular complexity index is 521. The van der Waals surface area contributed by atoms with E-state index in [2.05, 4.69) is 32.6 Å². The van der Waals surface area contributed by atoms with Crippen molar-refractivity contribution in [2.45, 2.75) is 26.4 Å². The van der Waals surface area contributed by atoms with Gasteiger partial charge in [-0.2, -0.15) is 4.98 Å². The smallest absolute Gasteiger partial charge is 0.295 e. The number of aromatic nitrogens is 5. The highest BCUT2D eigenvalue weighted by atomic mass is 35.5. The fraction of sp³-hybridized carbons (Fsp3) is 0.556. The summed E-state index contributed by atoms with van der Waals surface area (Å²) in [7, 11) is 0. The van der Waals surface area contributed by atoms with Gasteiger partial charge in [-0.1, -0.05) is 5.16 Å². The van der Waals surface area contributed by atoms with E-state index in [0.717, 1.165) is 18.9 Å². The topological polar surface area (TPSA) is 81.7 Å². The molecule has 0 saturated carbocycles. The minimum atomic E-state index is 0. The van der Waals surface area contributed by atoms with E-state index in [1.54, 1.807) is 6.92 Å². The molecule has 17 heavy (non-hydrogen) atoms. The van der Waals surface area contributed by atoms with Gasteiger partial charge in [-0.25, -0.2) is 0 Å². The second-order valence-electron chi connectivity index (χ2n) is 3.86. The van der Waals surface area contributed by atoms with Gasteiger partial charge in [0, 0.05) is 13.1 Å². The van der Waals surface area contributed by atoms with Crippen molar-refractivity contribution in [2.24, 2.45) is 0 Å². The Hall–Kier alpha value is -1.47. The largest absolute Gasteiger partial charge is 0.330 e. The van der Waals surface area contributed by atoms with Crippen LogP contribution in [0.4, 0.5) is 0 Å². The first-order chi connectivity index (χ1) is 7.75. The molecule has 1 aliphatic heterocycles. The van der Waals surface area contributed by atoms with E-state index >= 15 is 0 Å². The standard InChI is InChI=1S/C9H12N6O.ClH/c1-5-7-12-13-8(15(7)4-3-10-5)9-11-6(2)14-16-9;/h5,10H,3-4H2,1-2H3;1H. The van der Waals surface area contributed by atoms with Crippen LogP contribution in [0, 0.1) is 6.92 Å². The van der Waals surface area contributed by atoms with Crippen LogP contribution in [-0.2, 0) is 6.54 Å². The Kier molecular flexibility index (Phi) is 3.12. The zero-order valence-corrected chi connectivity index (χ0v) is 10.4. The molecule has 1 N–H and O–H groups in total. The van der Waals surface area contributed by atoms with Crippen LogP contribution in [0.5, 0.6) is 0 Å². The van der Waals surface area contributed by atoms with Gasteiger partial charge in [0.25, 0.3) is 5.89 Å². The SMILES string of the molecule is Cc1noc(-c2nnc3n2CCNC3C)n1.Cl. The molecular weight excluding hydrogens is 244 g/mol. The Morgan fingerprint density at radius 1 is 1.41 bits per heavy atom. The molecule has 3 rings (SSSR count). The van der Waals surface area contributed by atoms with Gasteiger partial charge in [0.05, 0.1) is 6.04 Å². The molecule has 1 atom stereocenters. The molecule has 3 heterocycles. The summed E-state index contributed by atoms with van der Waals surface area (Å²) in [6.07, 6.45) is 0. The minimum absolute atomic E-state index is 0. The summed E-state index contributed by atoms with van der Waals surface area (Å²) < 4.78 is 7.13. The van der Waals surface area contributed by atoms with Crippen LogP contribution < -0.4 is 5.32 Å². The van der Waals surface area contributed by atoms with E-state index in [-0.39, 0.29) is 18.4 Å². The molecule has 2 aromatic heterocycles. The van der Waals surface area contributed by atoms with Gasteiger partial charge in [0.2, 0.25) is 5.82 Å². The molecule has 0 radical (unpaired) electrons. The number of nitrogens with one attached hydrogen (secondary N) is 1. The number of fused-ring (bicyclic) bond motifs is 1. The monoisotopic (exact) mass is 256 g/mol. The molecular formula is C9H13ClN6O. The van der Waals surface area contributed by atoms with Crippen molar-refractivity contribution >= 4 is 12.4 Å². The van der Waals surface area contributed by atoms with Crippen molar-refractivity contribution < 1.29 is 4.52 Å². The van der Waals surface area contributed by atoms with Crippen LogP contribution in [0.2, 0.25) is 0 Å². The summed E-state index contributed by atoms with van der Waals surface area (Å²) >= 11 is 0. The Morgan fingerprint density at radius 3 is 2.94 bits per heavy atom. The van der Waals surface area contributed by atoms with Gasteiger partial charge in [-0.15, -0.1) is 22.6 Å². The third kappa shape index (κ3) is 1.91. The third-order valence-electron chi connectivity index (χ3n) is 2.67. The van der Waals surface area contributed by atoms with Gasteiger partial charge in [0.15, 0.2) is 5.82 Å². The lowest BCUT2D eigenvalue weighted by Gasteiger charge is -2.21. The highest BCUT2D eigenvalue weighted by molar-refractivity contribution is 5.85. The Balaban J connectivity index is 0.00000108. The molecule has 0 fully saturated rings. The number of halogens is 1. The van der Waals surface area contributed by atoms with Crippen LogP contribution in [0.3, 0.4) is 0 Å². The molecule has 8 heteroatoms. The van der Waals surface area contributed by atoms with Crippen molar-refractivity contribution in [3.8, 4) is 11.7 Å². The molecule has 2 aromatic rings. The van der Waals surface area contributed by atoms with Crippen LogP contribution in [0.15, 0.2) is 4.52 Å². The van der Waals surface area contributed by atoms with Crippen LogP contribution >= 0.6 is 12.4 Å². The van der Waals surface area contributed by atoms with Crippen molar-refractivity contribution in [3.05, 3.63) is 11.6 Å². The van der Waals surface area contributed by atoms with Crippen molar-refractivity contribution in [3.63, 3.8) is 0 Å². The summed E-state index contributed by atoms with van der Waals surface area (Å²) in [5, 5.41) is 15.3. The highest BCUT2D eigenvalue weighted by Gasteiger charge is 2.24. The van der Waals surface area contributed by atoms with E-state index in [9.17, 15) is 0 Å². The lowest BCUT2D eigenvalue weighted by Crippen LogP contribution is -2.32. The maximum atomic E-state index is 5.11. The third-order valence-corrected chi connectivity index (χ3v) is 2.67.